The van der Waals surface area contributed by atoms with Gasteiger partial charge in [0.25, 0.3) is 0 Å². The molecular weight excluding hydrogens is 264 g/mol. The van der Waals surface area contributed by atoms with Crippen LogP contribution in [0.25, 0.3) is 0 Å². The standard InChI is InChI=1S/C16H24N4O/c1-17-12-14-6-4-5-7-15(14)21-11-10-19(2)13-16-18-8-9-20(16)3/h4-9,17H,10-13H2,1-3H3. The van der Waals surface area contributed by atoms with E-state index in [9.17, 15) is 0 Å². The van der Waals surface area contributed by atoms with Crippen LogP contribution in [0.2, 0.25) is 0 Å². The SMILES string of the molecule is CNCc1ccccc1OCCN(C)Cc1nccn1C. The first-order valence-corrected chi connectivity index (χ1v) is 7.20. The third-order valence-electron chi connectivity index (χ3n) is 3.40. The molecule has 0 atom stereocenters. The molecule has 2 aromatic rings. The van der Waals surface area contributed by atoms with Crippen LogP contribution in [0.1, 0.15) is 11.4 Å². The van der Waals surface area contributed by atoms with Crippen molar-refractivity contribution >= 4 is 0 Å². The van der Waals surface area contributed by atoms with Gasteiger partial charge < -0.3 is 14.6 Å². The van der Waals surface area contributed by atoms with Crippen molar-refractivity contribution in [3.05, 3.63) is 48.0 Å². The van der Waals surface area contributed by atoms with Crippen molar-refractivity contribution in [2.45, 2.75) is 13.1 Å². The quantitative estimate of drug-likeness (QED) is 0.802. The number of hydrogen-bond acceptors (Lipinski definition) is 4. The summed E-state index contributed by atoms with van der Waals surface area (Å²) in [6.07, 6.45) is 3.79. The molecule has 1 N–H and O–H groups in total. The molecule has 0 saturated heterocycles. The molecule has 0 saturated carbocycles. The lowest BCUT2D eigenvalue weighted by atomic mass is 10.2. The van der Waals surface area contributed by atoms with Gasteiger partial charge in [-0.25, -0.2) is 4.98 Å². The summed E-state index contributed by atoms with van der Waals surface area (Å²) in [6.45, 7) is 3.17. The molecule has 0 fully saturated rings. The maximum atomic E-state index is 5.90. The normalized spacial score (nSPS) is 11.0. The van der Waals surface area contributed by atoms with Crippen LogP contribution < -0.4 is 10.1 Å². The first-order valence-electron chi connectivity index (χ1n) is 7.20. The molecule has 2 rings (SSSR count). The number of ether oxygens (including phenoxy) is 1. The Morgan fingerprint density at radius 1 is 1.33 bits per heavy atom. The maximum absolute atomic E-state index is 5.90. The highest BCUT2D eigenvalue weighted by Gasteiger charge is 2.06. The minimum atomic E-state index is 0.668. The molecule has 5 nitrogen and oxygen atoms in total. The average molecular weight is 288 g/mol. The second kappa shape index (κ2) is 7.81. The highest BCUT2D eigenvalue weighted by Crippen LogP contribution is 2.17. The van der Waals surface area contributed by atoms with Gasteiger partial charge in [-0.3, -0.25) is 4.90 Å². The van der Waals surface area contributed by atoms with Crippen molar-refractivity contribution in [2.75, 3.05) is 27.2 Å². The van der Waals surface area contributed by atoms with Crippen molar-refractivity contribution in [1.29, 1.82) is 0 Å². The van der Waals surface area contributed by atoms with E-state index >= 15 is 0 Å². The van der Waals surface area contributed by atoms with Gasteiger partial charge in [0.2, 0.25) is 0 Å². The molecular formula is C16H24N4O. The summed E-state index contributed by atoms with van der Waals surface area (Å²) in [5.74, 6) is 2.02. The van der Waals surface area contributed by atoms with E-state index in [1.807, 2.05) is 49.3 Å². The zero-order chi connectivity index (χ0) is 15.1. The van der Waals surface area contributed by atoms with E-state index in [2.05, 4.69) is 28.3 Å². The number of aryl methyl sites for hydroxylation is 1. The summed E-state index contributed by atoms with van der Waals surface area (Å²) in [6, 6.07) is 8.15. The topological polar surface area (TPSA) is 42.3 Å². The molecule has 0 bridgehead atoms. The summed E-state index contributed by atoms with van der Waals surface area (Å²) in [7, 11) is 6.04. The van der Waals surface area contributed by atoms with Gasteiger partial charge in [-0.1, -0.05) is 18.2 Å². The molecule has 0 unspecified atom stereocenters. The molecule has 0 aliphatic rings. The number of hydrogen-bond donors (Lipinski definition) is 1. The van der Waals surface area contributed by atoms with E-state index in [0.29, 0.717) is 6.61 Å². The molecule has 0 amide bonds. The second-order valence-corrected chi connectivity index (χ2v) is 5.18. The highest BCUT2D eigenvalue weighted by molar-refractivity contribution is 5.33. The van der Waals surface area contributed by atoms with E-state index in [-0.39, 0.29) is 0 Å². The van der Waals surface area contributed by atoms with Gasteiger partial charge in [0.05, 0.1) is 6.54 Å². The number of nitrogens with zero attached hydrogens (tertiary/aromatic N) is 3. The number of nitrogens with one attached hydrogen (secondary N) is 1. The van der Waals surface area contributed by atoms with E-state index in [4.69, 9.17) is 4.74 Å². The zero-order valence-corrected chi connectivity index (χ0v) is 13.0. The first-order chi connectivity index (χ1) is 10.2. The Hall–Kier alpha value is -1.85. The van der Waals surface area contributed by atoms with Crippen LogP contribution in [0.3, 0.4) is 0 Å². The Bertz CT molecular complexity index is 553. The minimum Gasteiger partial charge on any atom is -0.492 e. The molecule has 114 valence electrons. The predicted molar refractivity (Wildman–Crippen MR) is 84.2 cm³/mol. The Balaban J connectivity index is 1.80. The van der Waals surface area contributed by atoms with Crippen molar-refractivity contribution in [2.24, 2.45) is 7.05 Å². The largest absolute Gasteiger partial charge is 0.492 e. The number of imidazole rings is 1. The van der Waals surface area contributed by atoms with Crippen LogP contribution in [0.4, 0.5) is 0 Å². The van der Waals surface area contributed by atoms with Gasteiger partial charge in [0.15, 0.2) is 0 Å². The summed E-state index contributed by atoms with van der Waals surface area (Å²) >= 11 is 0. The number of likely N-dealkylation sites (N-methyl/N-ethyl adjacent to an activating group) is 1. The smallest absolute Gasteiger partial charge is 0.123 e. The lowest BCUT2D eigenvalue weighted by Crippen LogP contribution is -2.25. The van der Waals surface area contributed by atoms with Crippen LogP contribution in [0, 0.1) is 0 Å². The second-order valence-electron chi connectivity index (χ2n) is 5.18. The third kappa shape index (κ3) is 4.58. The van der Waals surface area contributed by atoms with Crippen molar-refractivity contribution in [3.63, 3.8) is 0 Å². The number of para-hydroxylation sites is 1. The lowest BCUT2D eigenvalue weighted by Gasteiger charge is -2.17. The van der Waals surface area contributed by atoms with Gasteiger partial charge in [-0.2, -0.15) is 0 Å². The van der Waals surface area contributed by atoms with Crippen molar-refractivity contribution in [3.8, 4) is 5.75 Å². The number of rotatable bonds is 8. The van der Waals surface area contributed by atoms with E-state index in [0.717, 1.165) is 31.2 Å². The fraction of sp³-hybridized carbons (Fsp3) is 0.438. The Morgan fingerprint density at radius 3 is 2.86 bits per heavy atom. The fourth-order valence-corrected chi connectivity index (χ4v) is 2.16. The third-order valence-corrected chi connectivity index (χ3v) is 3.40. The molecule has 0 radical (unpaired) electrons. The van der Waals surface area contributed by atoms with Gasteiger partial charge in [0, 0.05) is 38.1 Å². The predicted octanol–water partition coefficient (Wildman–Crippen LogP) is 1.65. The van der Waals surface area contributed by atoms with E-state index < -0.39 is 0 Å². The number of benzene rings is 1. The summed E-state index contributed by atoms with van der Waals surface area (Å²) in [5, 5.41) is 3.16. The van der Waals surface area contributed by atoms with Gasteiger partial charge in [-0.15, -0.1) is 0 Å². The monoisotopic (exact) mass is 288 g/mol. The lowest BCUT2D eigenvalue weighted by molar-refractivity contribution is 0.227. The van der Waals surface area contributed by atoms with Crippen LogP contribution in [0.15, 0.2) is 36.7 Å². The molecule has 0 spiro atoms. The average Bonchev–Trinajstić information content (AvgIpc) is 2.86. The molecule has 1 heterocycles. The maximum Gasteiger partial charge on any atom is 0.123 e. The zero-order valence-electron chi connectivity index (χ0n) is 13.0. The summed E-state index contributed by atoms with van der Waals surface area (Å²) in [4.78, 5) is 6.54. The molecule has 1 aromatic carbocycles. The van der Waals surface area contributed by atoms with Crippen LogP contribution in [-0.2, 0) is 20.1 Å². The summed E-state index contributed by atoms with van der Waals surface area (Å²) < 4.78 is 7.94. The molecule has 1 aromatic heterocycles. The molecule has 5 heteroatoms. The van der Waals surface area contributed by atoms with Gasteiger partial charge in [-0.05, 0) is 20.2 Å². The van der Waals surface area contributed by atoms with E-state index in [1.165, 1.54) is 5.56 Å². The van der Waals surface area contributed by atoms with Crippen molar-refractivity contribution < 1.29 is 4.74 Å². The van der Waals surface area contributed by atoms with Gasteiger partial charge in [0.1, 0.15) is 18.2 Å². The van der Waals surface area contributed by atoms with Crippen molar-refractivity contribution in [1.82, 2.24) is 19.8 Å². The number of aromatic nitrogens is 2. The van der Waals surface area contributed by atoms with Gasteiger partial charge >= 0.3 is 0 Å². The Labute approximate surface area is 126 Å². The summed E-state index contributed by atoms with van der Waals surface area (Å²) in [5.41, 5.74) is 1.19. The van der Waals surface area contributed by atoms with Crippen LogP contribution in [-0.4, -0.2) is 41.7 Å². The Kier molecular flexibility index (Phi) is 5.78. The van der Waals surface area contributed by atoms with Crippen LogP contribution in [0.5, 0.6) is 5.75 Å². The first kappa shape index (κ1) is 15.5. The molecule has 21 heavy (non-hydrogen) atoms. The highest BCUT2D eigenvalue weighted by atomic mass is 16.5. The Morgan fingerprint density at radius 2 is 2.14 bits per heavy atom. The minimum absolute atomic E-state index is 0.668. The van der Waals surface area contributed by atoms with E-state index in [1.54, 1.807) is 0 Å². The fourth-order valence-electron chi connectivity index (χ4n) is 2.16. The molecule has 0 aliphatic carbocycles. The molecule has 0 aliphatic heterocycles. The van der Waals surface area contributed by atoms with Crippen LogP contribution >= 0.6 is 0 Å².